The maximum absolute atomic E-state index is 11.9. The van der Waals surface area contributed by atoms with E-state index in [1.807, 2.05) is 31.2 Å². The highest BCUT2D eigenvalue weighted by Crippen LogP contribution is 2.18. The van der Waals surface area contributed by atoms with Crippen LogP contribution in [0.3, 0.4) is 0 Å². The van der Waals surface area contributed by atoms with Crippen molar-refractivity contribution in [3.05, 3.63) is 53.3 Å². The summed E-state index contributed by atoms with van der Waals surface area (Å²) in [5.74, 6) is -0.0651. The molecule has 0 aliphatic rings. The standard InChI is InChI=1S/C17H23N3O2/c1-13-4-6-14(7-5-13)8-9-16(21)18-12-17(2,22)15-10-19-20(3)11-15/h4-7,10-11,22H,8-9,12H2,1-3H3,(H,18,21). The number of hydrogen-bond acceptors (Lipinski definition) is 3. The third-order valence-corrected chi connectivity index (χ3v) is 3.72. The molecule has 1 aromatic carbocycles. The minimum atomic E-state index is -1.12. The van der Waals surface area contributed by atoms with E-state index in [9.17, 15) is 9.90 Å². The fourth-order valence-corrected chi connectivity index (χ4v) is 2.17. The molecule has 5 heteroatoms. The van der Waals surface area contributed by atoms with Gasteiger partial charge in [0, 0.05) is 25.2 Å². The Bertz CT molecular complexity index is 630. The van der Waals surface area contributed by atoms with Crippen molar-refractivity contribution in [2.45, 2.75) is 32.3 Å². The lowest BCUT2D eigenvalue weighted by molar-refractivity contribution is -0.122. The topological polar surface area (TPSA) is 67.2 Å². The predicted octanol–water partition coefficient (Wildman–Crippen LogP) is 1.69. The first kappa shape index (κ1) is 16.2. The van der Waals surface area contributed by atoms with Crippen LogP contribution in [0.4, 0.5) is 0 Å². The molecule has 0 fully saturated rings. The lowest BCUT2D eigenvalue weighted by atomic mass is 9.99. The van der Waals surface area contributed by atoms with Crippen molar-refractivity contribution in [3.8, 4) is 0 Å². The van der Waals surface area contributed by atoms with Crippen LogP contribution in [-0.2, 0) is 23.9 Å². The second-order valence-corrected chi connectivity index (χ2v) is 5.94. The number of amides is 1. The molecule has 0 spiro atoms. The van der Waals surface area contributed by atoms with Gasteiger partial charge in [0.1, 0.15) is 5.60 Å². The van der Waals surface area contributed by atoms with Crippen LogP contribution in [-0.4, -0.2) is 27.3 Å². The summed E-state index contributed by atoms with van der Waals surface area (Å²) in [4.78, 5) is 11.9. The molecule has 0 saturated heterocycles. The molecule has 1 atom stereocenters. The van der Waals surface area contributed by atoms with E-state index in [2.05, 4.69) is 10.4 Å². The highest BCUT2D eigenvalue weighted by atomic mass is 16.3. The molecule has 1 amide bonds. The van der Waals surface area contributed by atoms with Gasteiger partial charge in [0.2, 0.25) is 5.91 Å². The molecule has 22 heavy (non-hydrogen) atoms. The van der Waals surface area contributed by atoms with Gasteiger partial charge < -0.3 is 10.4 Å². The molecule has 2 rings (SSSR count). The Kier molecular flexibility index (Phi) is 4.98. The summed E-state index contributed by atoms with van der Waals surface area (Å²) < 4.78 is 1.63. The Morgan fingerprint density at radius 2 is 2.05 bits per heavy atom. The molecule has 0 saturated carbocycles. The summed E-state index contributed by atoms with van der Waals surface area (Å²) >= 11 is 0. The number of benzene rings is 1. The van der Waals surface area contributed by atoms with E-state index in [1.165, 1.54) is 5.56 Å². The first-order valence-electron chi connectivity index (χ1n) is 7.40. The summed E-state index contributed by atoms with van der Waals surface area (Å²) in [6.45, 7) is 3.88. The third kappa shape index (κ3) is 4.43. The van der Waals surface area contributed by atoms with Crippen molar-refractivity contribution in [2.75, 3.05) is 6.54 Å². The highest BCUT2D eigenvalue weighted by molar-refractivity contribution is 5.76. The molecule has 118 valence electrons. The van der Waals surface area contributed by atoms with Crippen molar-refractivity contribution >= 4 is 5.91 Å². The van der Waals surface area contributed by atoms with E-state index in [0.29, 0.717) is 18.4 Å². The number of aliphatic hydroxyl groups is 1. The van der Waals surface area contributed by atoms with Crippen LogP contribution in [0.1, 0.15) is 30.0 Å². The zero-order chi connectivity index (χ0) is 16.2. The van der Waals surface area contributed by atoms with Crippen LogP contribution in [0.5, 0.6) is 0 Å². The molecule has 1 aromatic heterocycles. The Hall–Kier alpha value is -2.14. The number of aromatic nitrogens is 2. The van der Waals surface area contributed by atoms with Crippen LogP contribution in [0.15, 0.2) is 36.7 Å². The van der Waals surface area contributed by atoms with Gasteiger partial charge in [-0.3, -0.25) is 9.48 Å². The number of rotatable bonds is 6. The highest BCUT2D eigenvalue weighted by Gasteiger charge is 2.25. The molecule has 2 N–H and O–H groups in total. The average Bonchev–Trinajstić information content (AvgIpc) is 2.92. The van der Waals surface area contributed by atoms with Gasteiger partial charge in [-0.1, -0.05) is 29.8 Å². The fraction of sp³-hybridized carbons (Fsp3) is 0.412. The van der Waals surface area contributed by atoms with Gasteiger partial charge in [0.25, 0.3) is 0 Å². The number of hydrogen-bond donors (Lipinski definition) is 2. The predicted molar refractivity (Wildman–Crippen MR) is 85.3 cm³/mol. The lowest BCUT2D eigenvalue weighted by Crippen LogP contribution is -2.38. The number of nitrogens with zero attached hydrogens (tertiary/aromatic N) is 2. The molecule has 2 aromatic rings. The first-order chi connectivity index (χ1) is 10.4. The quantitative estimate of drug-likeness (QED) is 0.853. The molecule has 1 unspecified atom stereocenters. The molecule has 5 nitrogen and oxygen atoms in total. The van der Waals surface area contributed by atoms with Gasteiger partial charge in [0.15, 0.2) is 0 Å². The third-order valence-electron chi connectivity index (χ3n) is 3.72. The van der Waals surface area contributed by atoms with Gasteiger partial charge in [0.05, 0.1) is 12.7 Å². The Morgan fingerprint density at radius 1 is 1.36 bits per heavy atom. The second kappa shape index (κ2) is 6.75. The van der Waals surface area contributed by atoms with E-state index in [-0.39, 0.29) is 12.5 Å². The van der Waals surface area contributed by atoms with Gasteiger partial charge in [-0.15, -0.1) is 0 Å². The van der Waals surface area contributed by atoms with Crippen molar-refractivity contribution in [2.24, 2.45) is 7.05 Å². The Labute approximate surface area is 131 Å². The Balaban J connectivity index is 1.81. The smallest absolute Gasteiger partial charge is 0.220 e. The molecule has 0 bridgehead atoms. The largest absolute Gasteiger partial charge is 0.383 e. The molecular formula is C17H23N3O2. The lowest BCUT2D eigenvalue weighted by Gasteiger charge is -2.22. The second-order valence-electron chi connectivity index (χ2n) is 5.94. The van der Waals surface area contributed by atoms with Crippen molar-refractivity contribution < 1.29 is 9.90 Å². The normalized spacial score (nSPS) is 13.6. The van der Waals surface area contributed by atoms with Gasteiger partial charge in [-0.2, -0.15) is 5.10 Å². The monoisotopic (exact) mass is 301 g/mol. The minimum Gasteiger partial charge on any atom is -0.383 e. The van der Waals surface area contributed by atoms with Crippen LogP contribution in [0, 0.1) is 6.92 Å². The summed E-state index contributed by atoms with van der Waals surface area (Å²) in [5, 5.41) is 17.2. The van der Waals surface area contributed by atoms with E-state index in [4.69, 9.17) is 0 Å². The van der Waals surface area contributed by atoms with Crippen LogP contribution < -0.4 is 5.32 Å². The zero-order valence-electron chi connectivity index (χ0n) is 13.3. The van der Waals surface area contributed by atoms with E-state index in [0.717, 1.165) is 5.56 Å². The van der Waals surface area contributed by atoms with Crippen molar-refractivity contribution in [3.63, 3.8) is 0 Å². The summed E-state index contributed by atoms with van der Waals surface area (Å²) in [7, 11) is 1.79. The van der Waals surface area contributed by atoms with Crippen LogP contribution >= 0.6 is 0 Å². The van der Waals surface area contributed by atoms with Gasteiger partial charge in [-0.05, 0) is 25.8 Å². The first-order valence-corrected chi connectivity index (χ1v) is 7.40. The number of aryl methyl sites for hydroxylation is 3. The summed E-state index contributed by atoms with van der Waals surface area (Å²) in [6, 6.07) is 8.16. The van der Waals surface area contributed by atoms with E-state index < -0.39 is 5.60 Å². The van der Waals surface area contributed by atoms with Crippen LogP contribution in [0.25, 0.3) is 0 Å². The Morgan fingerprint density at radius 3 is 2.64 bits per heavy atom. The molecule has 1 heterocycles. The minimum absolute atomic E-state index is 0.0651. The van der Waals surface area contributed by atoms with E-state index >= 15 is 0 Å². The molecule has 0 aliphatic heterocycles. The zero-order valence-corrected chi connectivity index (χ0v) is 13.3. The molecule has 0 radical (unpaired) electrons. The SMILES string of the molecule is Cc1ccc(CCC(=O)NCC(C)(O)c2cnn(C)c2)cc1. The van der Waals surface area contributed by atoms with Crippen LogP contribution in [0.2, 0.25) is 0 Å². The number of carbonyl (C=O) groups excluding carboxylic acids is 1. The fourth-order valence-electron chi connectivity index (χ4n) is 2.17. The van der Waals surface area contributed by atoms with Crippen molar-refractivity contribution in [1.29, 1.82) is 0 Å². The maximum Gasteiger partial charge on any atom is 0.220 e. The van der Waals surface area contributed by atoms with E-state index in [1.54, 1.807) is 31.0 Å². The summed E-state index contributed by atoms with van der Waals surface area (Å²) in [6.07, 6.45) is 4.46. The average molecular weight is 301 g/mol. The molecular weight excluding hydrogens is 278 g/mol. The van der Waals surface area contributed by atoms with Gasteiger partial charge in [-0.25, -0.2) is 0 Å². The maximum atomic E-state index is 11.9. The molecule has 0 aliphatic carbocycles. The summed E-state index contributed by atoms with van der Waals surface area (Å²) in [5.41, 5.74) is 1.92. The van der Waals surface area contributed by atoms with Crippen molar-refractivity contribution in [1.82, 2.24) is 15.1 Å². The number of carbonyl (C=O) groups is 1. The number of nitrogens with one attached hydrogen (secondary N) is 1. The van der Waals surface area contributed by atoms with Gasteiger partial charge >= 0.3 is 0 Å².